The van der Waals surface area contributed by atoms with E-state index in [-0.39, 0.29) is 29.5 Å². The summed E-state index contributed by atoms with van der Waals surface area (Å²) in [5, 5.41) is 7.14. The van der Waals surface area contributed by atoms with Gasteiger partial charge < -0.3 is 19.4 Å². The first-order valence-corrected chi connectivity index (χ1v) is 11.6. The zero-order valence-electron chi connectivity index (χ0n) is 20.8. The van der Waals surface area contributed by atoms with Gasteiger partial charge in [0.25, 0.3) is 5.56 Å². The molecular weight excluding hydrogens is 482 g/mol. The first-order valence-electron chi connectivity index (χ1n) is 11.6. The van der Waals surface area contributed by atoms with Gasteiger partial charge in [-0.05, 0) is 57.2 Å². The van der Waals surface area contributed by atoms with Crippen LogP contribution in [0.4, 0.5) is 14.5 Å². The second-order valence-corrected chi connectivity index (χ2v) is 8.45. The Morgan fingerprint density at radius 1 is 1.00 bits per heavy atom. The van der Waals surface area contributed by atoms with Gasteiger partial charge in [0.05, 0.1) is 12.3 Å². The van der Waals surface area contributed by atoms with E-state index >= 15 is 0 Å². The van der Waals surface area contributed by atoms with E-state index in [0.29, 0.717) is 29.2 Å². The number of carbonyl (C=O) groups excluding carboxylic acids is 1. The summed E-state index contributed by atoms with van der Waals surface area (Å²) in [6, 6.07) is 11.0. The molecule has 0 aliphatic heterocycles. The number of aromatic nitrogens is 3. The van der Waals surface area contributed by atoms with Crippen LogP contribution in [-0.4, -0.2) is 26.9 Å². The lowest BCUT2D eigenvalue weighted by atomic mass is 10.0. The maximum atomic E-state index is 14.4. The van der Waals surface area contributed by atoms with Crippen LogP contribution in [0, 0.1) is 25.5 Å². The topological polar surface area (TPSA) is 87.4 Å². The number of nitrogens with zero attached hydrogens (tertiary/aromatic N) is 3. The van der Waals surface area contributed by atoms with E-state index in [4.69, 9.17) is 9.47 Å². The van der Waals surface area contributed by atoms with Crippen LogP contribution in [0.15, 0.2) is 59.5 Å². The van der Waals surface area contributed by atoms with E-state index in [1.807, 2.05) is 19.9 Å². The molecule has 2 heterocycles. The van der Waals surface area contributed by atoms with E-state index in [1.54, 1.807) is 43.0 Å². The zero-order valence-corrected chi connectivity index (χ0v) is 20.8. The summed E-state index contributed by atoms with van der Waals surface area (Å²) in [4.78, 5) is 25.0. The highest BCUT2D eigenvalue weighted by molar-refractivity contribution is 5.92. The third-order valence-corrected chi connectivity index (χ3v) is 5.55. The molecule has 8 nitrogen and oxygen atoms in total. The Morgan fingerprint density at radius 3 is 2.43 bits per heavy atom. The fourth-order valence-corrected chi connectivity index (χ4v) is 3.85. The van der Waals surface area contributed by atoms with Gasteiger partial charge in [-0.15, -0.1) is 0 Å². The van der Waals surface area contributed by atoms with Gasteiger partial charge >= 0.3 is 0 Å². The van der Waals surface area contributed by atoms with E-state index in [2.05, 4.69) is 10.4 Å². The lowest BCUT2D eigenvalue weighted by molar-refractivity contribution is -0.116. The minimum atomic E-state index is -0.876. The molecule has 2 aromatic heterocycles. The second-order valence-electron chi connectivity index (χ2n) is 8.45. The van der Waals surface area contributed by atoms with Gasteiger partial charge in [-0.1, -0.05) is 0 Å². The van der Waals surface area contributed by atoms with Crippen LogP contribution in [0.1, 0.15) is 18.3 Å². The minimum absolute atomic E-state index is 0.0120. The van der Waals surface area contributed by atoms with Crippen LogP contribution in [0.25, 0.3) is 11.1 Å². The van der Waals surface area contributed by atoms with Crippen LogP contribution < -0.4 is 20.3 Å². The van der Waals surface area contributed by atoms with Gasteiger partial charge in [0.2, 0.25) is 5.91 Å². The molecule has 0 aliphatic rings. The number of benzene rings is 2. The van der Waals surface area contributed by atoms with E-state index < -0.39 is 11.6 Å². The number of rotatable bonds is 8. The molecule has 0 bridgehead atoms. The molecule has 0 atom stereocenters. The zero-order chi connectivity index (χ0) is 26.7. The number of pyridine rings is 1. The second kappa shape index (κ2) is 10.7. The molecule has 10 heteroatoms. The summed E-state index contributed by atoms with van der Waals surface area (Å²) in [6.45, 7) is 5.79. The van der Waals surface area contributed by atoms with Crippen molar-refractivity contribution in [2.24, 2.45) is 7.05 Å². The molecule has 2 aromatic carbocycles. The number of hydrogen-bond acceptors (Lipinski definition) is 5. The summed E-state index contributed by atoms with van der Waals surface area (Å²) >= 11 is 0. The maximum absolute atomic E-state index is 14.4. The van der Waals surface area contributed by atoms with Crippen molar-refractivity contribution in [1.29, 1.82) is 0 Å². The number of halogens is 2. The largest absolute Gasteiger partial charge is 0.493 e. The molecule has 0 radical (unpaired) electrons. The highest BCUT2D eigenvalue weighted by Crippen LogP contribution is 2.40. The first kappa shape index (κ1) is 25.6. The lowest BCUT2D eigenvalue weighted by Gasteiger charge is -2.17. The van der Waals surface area contributed by atoms with E-state index in [9.17, 15) is 18.4 Å². The number of aryl methyl sites for hydroxylation is 3. The number of carbonyl (C=O) groups is 1. The Kier molecular flexibility index (Phi) is 7.37. The van der Waals surface area contributed by atoms with E-state index in [1.165, 1.54) is 16.7 Å². The Balaban J connectivity index is 1.75. The number of ether oxygens (including phenoxy) is 2. The fourth-order valence-electron chi connectivity index (χ4n) is 3.85. The Hall–Kier alpha value is -4.47. The standard InChI is InChI=1S/C27H26F2N4O4/c1-5-36-25-13-27(35)32(4)14-21(25)20-12-19(30-26(34)15-33-17(3)10-16(2)31-33)7-9-23(20)37-24-8-6-18(28)11-22(24)29/h6-14H,5,15H2,1-4H3,(H,30,34). The highest BCUT2D eigenvalue weighted by Gasteiger charge is 2.18. The summed E-state index contributed by atoms with van der Waals surface area (Å²) in [7, 11) is 1.59. The van der Waals surface area contributed by atoms with Crippen LogP contribution in [-0.2, 0) is 18.4 Å². The van der Waals surface area contributed by atoms with Crippen molar-refractivity contribution in [1.82, 2.24) is 14.3 Å². The van der Waals surface area contributed by atoms with Gasteiger partial charge in [-0.3, -0.25) is 14.3 Å². The molecule has 1 N–H and O–H groups in total. The van der Waals surface area contributed by atoms with Gasteiger partial charge in [-0.25, -0.2) is 8.78 Å². The number of amides is 1. The normalized spacial score (nSPS) is 10.9. The lowest BCUT2D eigenvalue weighted by Crippen LogP contribution is -2.20. The SMILES string of the molecule is CCOc1cc(=O)n(C)cc1-c1cc(NC(=O)Cn2nc(C)cc2C)ccc1Oc1ccc(F)cc1F. The third kappa shape index (κ3) is 5.85. The van der Waals surface area contributed by atoms with Crippen molar-refractivity contribution < 1.29 is 23.0 Å². The van der Waals surface area contributed by atoms with Crippen molar-refractivity contribution in [3.8, 4) is 28.4 Å². The number of hydrogen-bond donors (Lipinski definition) is 1. The van der Waals surface area contributed by atoms with Crippen molar-refractivity contribution >= 4 is 11.6 Å². The van der Waals surface area contributed by atoms with Crippen LogP contribution >= 0.6 is 0 Å². The van der Waals surface area contributed by atoms with Crippen molar-refractivity contribution in [2.75, 3.05) is 11.9 Å². The maximum Gasteiger partial charge on any atom is 0.254 e. The summed E-state index contributed by atoms with van der Waals surface area (Å²) in [6.07, 6.45) is 1.57. The van der Waals surface area contributed by atoms with E-state index in [0.717, 1.165) is 23.5 Å². The van der Waals surface area contributed by atoms with Crippen LogP contribution in [0.3, 0.4) is 0 Å². The molecule has 0 saturated heterocycles. The Morgan fingerprint density at radius 2 is 1.76 bits per heavy atom. The summed E-state index contributed by atoms with van der Waals surface area (Å²) in [5.41, 5.74) is 2.71. The molecule has 192 valence electrons. The molecule has 0 aliphatic carbocycles. The molecule has 0 saturated carbocycles. The minimum Gasteiger partial charge on any atom is -0.493 e. The summed E-state index contributed by atoms with van der Waals surface area (Å²) < 4.78 is 42.3. The van der Waals surface area contributed by atoms with Gasteiger partial charge in [0.15, 0.2) is 11.6 Å². The molecule has 0 spiro atoms. The summed E-state index contributed by atoms with van der Waals surface area (Å²) in [5.74, 6) is -1.60. The molecule has 4 aromatic rings. The predicted octanol–water partition coefficient (Wildman–Crippen LogP) is 4.97. The van der Waals surface area contributed by atoms with Crippen molar-refractivity contribution in [2.45, 2.75) is 27.3 Å². The molecule has 37 heavy (non-hydrogen) atoms. The van der Waals surface area contributed by atoms with Crippen LogP contribution in [0.2, 0.25) is 0 Å². The quantitative estimate of drug-likeness (QED) is 0.363. The smallest absolute Gasteiger partial charge is 0.254 e. The van der Waals surface area contributed by atoms with Crippen molar-refractivity contribution in [3.05, 3.63) is 88.1 Å². The first-order chi connectivity index (χ1) is 17.6. The number of anilines is 1. The Bertz CT molecular complexity index is 1530. The number of nitrogens with one attached hydrogen (secondary N) is 1. The molecule has 0 unspecified atom stereocenters. The fraction of sp³-hybridized carbons (Fsp3) is 0.222. The van der Waals surface area contributed by atoms with Gasteiger partial charge in [0, 0.05) is 47.9 Å². The van der Waals surface area contributed by atoms with Gasteiger partial charge in [-0.2, -0.15) is 5.10 Å². The molecular formula is C27H26F2N4O4. The Labute approximate surface area is 212 Å². The van der Waals surface area contributed by atoms with Crippen LogP contribution in [0.5, 0.6) is 17.2 Å². The molecule has 4 rings (SSSR count). The van der Waals surface area contributed by atoms with Gasteiger partial charge in [0.1, 0.15) is 23.9 Å². The monoisotopic (exact) mass is 508 g/mol. The average molecular weight is 509 g/mol. The average Bonchev–Trinajstić information content (AvgIpc) is 3.15. The third-order valence-electron chi connectivity index (χ3n) is 5.55. The molecule has 0 fully saturated rings. The van der Waals surface area contributed by atoms with Crippen molar-refractivity contribution in [3.63, 3.8) is 0 Å². The molecule has 1 amide bonds. The predicted molar refractivity (Wildman–Crippen MR) is 135 cm³/mol. The highest BCUT2D eigenvalue weighted by atomic mass is 19.1.